The van der Waals surface area contributed by atoms with Gasteiger partial charge in [0.2, 0.25) is 0 Å². The molecule has 2 aliphatic rings. The van der Waals surface area contributed by atoms with E-state index in [0.717, 1.165) is 6.04 Å². The number of hydrogen-bond acceptors (Lipinski definition) is 3. The molecule has 1 aliphatic carbocycles. The Morgan fingerprint density at radius 2 is 1.81 bits per heavy atom. The van der Waals surface area contributed by atoms with Crippen molar-refractivity contribution in [2.24, 2.45) is 5.41 Å². The van der Waals surface area contributed by atoms with E-state index in [-0.39, 0.29) is 5.54 Å². The van der Waals surface area contributed by atoms with Gasteiger partial charge in [-0.1, -0.05) is 25.7 Å². The second-order valence-corrected chi connectivity index (χ2v) is 9.60. The molecule has 1 saturated carbocycles. The maximum absolute atomic E-state index is 3.82. The maximum atomic E-state index is 3.82. The predicted octanol–water partition coefficient (Wildman–Crippen LogP) is 4.15. The van der Waals surface area contributed by atoms with Crippen molar-refractivity contribution in [1.82, 2.24) is 10.2 Å². The highest BCUT2D eigenvalue weighted by Gasteiger charge is 2.35. The van der Waals surface area contributed by atoms with Gasteiger partial charge in [0.1, 0.15) is 0 Å². The third-order valence-electron chi connectivity index (χ3n) is 5.27. The van der Waals surface area contributed by atoms with Crippen LogP contribution in [0.25, 0.3) is 0 Å². The fourth-order valence-electron chi connectivity index (χ4n) is 3.85. The van der Waals surface area contributed by atoms with E-state index in [2.05, 4.69) is 49.8 Å². The molecule has 1 aliphatic heterocycles. The highest BCUT2D eigenvalue weighted by Crippen LogP contribution is 2.37. The van der Waals surface area contributed by atoms with E-state index in [1.54, 1.807) is 0 Å². The van der Waals surface area contributed by atoms with Crippen LogP contribution in [0, 0.1) is 5.41 Å². The van der Waals surface area contributed by atoms with Gasteiger partial charge >= 0.3 is 0 Å². The van der Waals surface area contributed by atoms with Crippen molar-refractivity contribution in [3.63, 3.8) is 0 Å². The molecule has 1 N–H and O–H groups in total. The largest absolute Gasteiger partial charge is 0.311 e. The topological polar surface area (TPSA) is 15.3 Å². The monoisotopic (exact) mass is 312 g/mol. The van der Waals surface area contributed by atoms with E-state index < -0.39 is 0 Å². The van der Waals surface area contributed by atoms with Gasteiger partial charge in [-0.05, 0) is 58.2 Å². The Hall–Kier alpha value is 0.270. The first-order chi connectivity index (χ1) is 9.90. The smallest absolute Gasteiger partial charge is 0.0191 e. The lowest BCUT2D eigenvalue weighted by molar-refractivity contribution is 0.114. The minimum Gasteiger partial charge on any atom is -0.311 e. The SMILES string of the molecule is CN(CC1(CNC(C)(C)C)CCCCCC1)C1CCSC1. The lowest BCUT2D eigenvalue weighted by Gasteiger charge is -2.40. The number of hydrogen-bond donors (Lipinski definition) is 1. The first-order valence-corrected chi connectivity index (χ1v) is 10.1. The Bertz CT molecular complexity index is 297. The normalized spacial score (nSPS) is 27.0. The summed E-state index contributed by atoms with van der Waals surface area (Å²) in [5, 5.41) is 3.82. The summed E-state index contributed by atoms with van der Waals surface area (Å²) in [5.74, 6) is 2.71. The van der Waals surface area contributed by atoms with Gasteiger partial charge in [0.05, 0.1) is 0 Å². The molecule has 21 heavy (non-hydrogen) atoms. The Kier molecular flexibility index (Phi) is 6.46. The first kappa shape index (κ1) is 17.6. The summed E-state index contributed by atoms with van der Waals surface area (Å²) in [5.41, 5.74) is 0.743. The van der Waals surface area contributed by atoms with Crippen molar-refractivity contribution < 1.29 is 0 Å². The lowest BCUT2D eigenvalue weighted by Crippen LogP contribution is -2.49. The number of nitrogens with one attached hydrogen (secondary N) is 1. The minimum atomic E-state index is 0.237. The minimum absolute atomic E-state index is 0.237. The molecule has 0 aromatic rings. The molecular formula is C18H36N2S. The molecule has 2 fully saturated rings. The Balaban J connectivity index is 1.99. The van der Waals surface area contributed by atoms with Crippen molar-refractivity contribution in [3.8, 4) is 0 Å². The molecule has 3 heteroatoms. The lowest BCUT2D eigenvalue weighted by atomic mass is 9.79. The summed E-state index contributed by atoms with van der Waals surface area (Å²) >= 11 is 2.14. The molecule has 1 heterocycles. The molecule has 0 amide bonds. The summed E-state index contributed by atoms with van der Waals surface area (Å²) in [6.07, 6.45) is 9.98. The quantitative estimate of drug-likeness (QED) is 0.768. The van der Waals surface area contributed by atoms with Crippen LogP contribution in [0.1, 0.15) is 65.7 Å². The van der Waals surface area contributed by atoms with Crippen LogP contribution in [0.2, 0.25) is 0 Å². The van der Waals surface area contributed by atoms with Crippen LogP contribution in [0.15, 0.2) is 0 Å². The van der Waals surface area contributed by atoms with Crippen LogP contribution >= 0.6 is 11.8 Å². The van der Waals surface area contributed by atoms with E-state index in [1.807, 2.05) is 0 Å². The molecule has 1 unspecified atom stereocenters. The van der Waals surface area contributed by atoms with Gasteiger partial charge in [0.25, 0.3) is 0 Å². The number of rotatable bonds is 5. The van der Waals surface area contributed by atoms with Gasteiger partial charge in [-0.15, -0.1) is 0 Å². The van der Waals surface area contributed by atoms with Gasteiger partial charge in [-0.2, -0.15) is 11.8 Å². The molecule has 1 saturated heterocycles. The number of nitrogens with zero attached hydrogens (tertiary/aromatic N) is 1. The zero-order valence-electron chi connectivity index (χ0n) is 14.7. The highest BCUT2D eigenvalue weighted by atomic mass is 32.2. The van der Waals surface area contributed by atoms with E-state index >= 15 is 0 Å². The van der Waals surface area contributed by atoms with Gasteiger partial charge in [0.15, 0.2) is 0 Å². The average molecular weight is 313 g/mol. The van der Waals surface area contributed by atoms with Gasteiger partial charge < -0.3 is 10.2 Å². The summed E-state index contributed by atoms with van der Waals surface area (Å²) in [6, 6.07) is 0.824. The predicted molar refractivity (Wildman–Crippen MR) is 96.3 cm³/mol. The highest BCUT2D eigenvalue weighted by molar-refractivity contribution is 7.99. The second kappa shape index (κ2) is 7.70. The summed E-state index contributed by atoms with van der Waals surface area (Å²) in [7, 11) is 2.38. The summed E-state index contributed by atoms with van der Waals surface area (Å²) in [4.78, 5) is 2.69. The van der Waals surface area contributed by atoms with E-state index in [0.29, 0.717) is 5.41 Å². The van der Waals surface area contributed by atoms with Crippen LogP contribution in [0.4, 0.5) is 0 Å². The van der Waals surface area contributed by atoms with Crippen LogP contribution in [0.5, 0.6) is 0 Å². The zero-order chi connectivity index (χ0) is 15.3. The fraction of sp³-hybridized carbons (Fsp3) is 1.00. The van der Waals surface area contributed by atoms with E-state index in [1.165, 1.54) is 69.5 Å². The van der Waals surface area contributed by atoms with Crippen molar-refractivity contribution >= 4 is 11.8 Å². The summed E-state index contributed by atoms with van der Waals surface area (Å²) < 4.78 is 0. The summed E-state index contributed by atoms with van der Waals surface area (Å²) in [6.45, 7) is 9.39. The van der Waals surface area contributed by atoms with E-state index in [4.69, 9.17) is 0 Å². The van der Waals surface area contributed by atoms with Crippen molar-refractivity contribution in [2.75, 3.05) is 31.6 Å². The fourth-order valence-corrected chi connectivity index (χ4v) is 5.15. The first-order valence-electron chi connectivity index (χ1n) is 8.93. The average Bonchev–Trinajstić information content (AvgIpc) is 2.85. The van der Waals surface area contributed by atoms with Crippen LogP contribution in [-0.2, 0) is 0 Å². The standard InChI is InChI=1S/C18H36N2S/c1-17(2,3)19-14-18(10-7-5-6-8-11-18)15-20(4)16-9-12-21-13-16/h16,19H,5-15H2,1-4H3. The molecule has 124 valence electrons. The van der Waals surface area contributed by atoms with Crippen LogP contribution in [-0.4, -0.2) is 48.1 Å². The Morgan fingerprint density at radius 1 is 1.14 bits per heavy atom. The molecular weight excluding hydrogens is 276 g/mol. The third-order valence-corrected chi connectivity index (χ3v) is 6.42. The molecule has 1 atom stereocenters. The number of thioether (sulfide) groups is 1. The van der Waals surface area contributed by atoms with Gasteiger partial charge in [-0.3, -0.25) is 0 Å². The van der Waals surface area contributed by atoms with Crippen LogP contribution < -0.4 is 5.32 Å². The molecule has 0 bridgehead atoms. The zero-order valence-corrected chi connectivity index (χ0v) is 15.5. The molecule has 2 nitrogen and oxygen atoms in total. The van der Waals surface area contributed by atoms with Gasteiger partial charge in [0, 0.05) is 30.4 Å². The van der Waals surface area contributed by atoms with E-state index in [9.17, 15) is 0 Å². The van der Waals surface area contributed by atoms with Crippen LogP contribution in [0.3, 0.4) is 0 Å². The molecule has 0 spiro atoms. The van der Waals surface area contributed by atoms with Crippen molar-refractivity contribution in [1.29, 1.82) is 0 Å². The second-order valence-electron chi connectivity index (χ2n) is 8.45. The molecule has 0 aromatic heterocycles. The third kappa shape index (κ3) is 5.76. The van der Waals surface area contributed by atoms with Crippen molar-refractivity contribution in [2.45, 2.75) is 77.3 Å². The Morgan fingerprint density at radius 3 is 2.33 bits per heavy atom. The van der Waals surface area contributed by atoms with Gasteiger partial charge in [-0.25, -0.2) is 0 Å². The maximum Gasteiger partial charge on any atom is 0.0191 e. The Labute approximate surface area is 136 Å². The molecule has 2 rings (SSSR count). The molecule has 0 aromatic carbocycles. The molecule has 0 radical (unpaired) electrons. The van der Waals surface area contributed by atoms with Crippen molar-refractivity contribution in [3.05, 3.63) is 0 Å².